The standard InChI is InChI=1S/C15H28N2O3/c18-11-12-20-14-5-9-16(10-6-14)13-15(19)17-7-3-1-2-4-8-17/h14,18H,1-13H2. The van der Waals surface area contributed by atoms with Gasteiger partial charge in [0.15, 0.2) is 0 Å². The molecule has 0 radical (unpaired) electrons. The molecule has 1 amide bonds. The van der Waals surface area contributed by atoms with Gasteiger partial charge in [-0.25, -0.2) is 0 Å². The van der Waals surface area contributed by atoms with Crippen LogP contribution in [0.15, 0.2) is 0 Å². The number of hydrogen-bond donors (Lipinski definition) is 1. The van der Waals surface area contributed by atoms with E-state index >= 15 is 0 Å². The molecule has 0 aromatic rings. The summed E-state index contributed by atoms with van der Waals surface area (Å²) in [6.07, 6.45) is 7.02. The molecular formula is C15H28N2O3. The second-order valence-electron chi connectivity index (χ2n) is 5.86. The van der Waals surface area contributed by atoms with Gasteiger partial charge in [-0.3, -0.25) is 9.69 Å². The number of aliphatic hydroxyl groups is 1. The van der Waals surface area contributed by atoms with Crippen LogP contribution in [0.25, 0.3) is 0 Å². The molecule has 0 saturated carbocycles. The number of likely N-dealkylation sites (tertiary alicyclic amines) is 2. The van der Waals surface area contributed by atoms with Crippen molar-refractivity contribution in [3.63, 3.8) is 0 Å². The zero-order valence-electron chi connectivity index (χ0n) is 12.4. The number of nitrogens with zero attached hydrogens (tertiary/aromatic N) is 2. The third-order valence-electron chi connectivity index (χ3n) is 4.30. The van der Waals surface area contributed by atoms with Crippen molar-refractivity contribution in [2.24, 2.45) is 0 Å². The summed E-state index contributed by atoms with van der Waals surface area (Å²) in [6.45, 7) is 4.81. The van der Waals surface area contributed by atoms with Gasteiger partial charge in [-0.2, -0.15) is 0 Å². The van der Waals surface area contributed by atoms with Gasteiger partial charge in [0.25, 0.3) is 0 Å². The summed E-state index contributed by atoms with van der Waals surface area (Å²) < 4.78 is 5.55. The molecule has 2 rings (SSSR count). The van der Waals surface area contributed by atoms with Crippen molar-refractivity contribution in [2.45, 2.75) is 44.6 Å². The molecule has 2 heterocycles. The molecule has 5 heteroatoms. The van der Waals surface area contributed by atoms with Gasteiger partial charge in [0.1, 0.15) is 0 Å². The lowest BCUT2D eigenvalue weighted by molar-refractivity contribution is -0.133. The van der Waals surface area contributed by atoms with Crippen molar-refractivity contribution >= 4 is 5.91 Å². The molecule has 0 aliphatic carbocycles. The highest BCUT2D eigenvalue weighted by molar-refractivity contribution is 5.78. The fourth-order valence-electron chi connectivity index (χ4n) is 3.06. The summed E-state index contributed by atoms with van der Waals surface area (Å²) in [4.78, 5) is 16.6. The smallest absolute Gasteiger partial charge is 0.236 e. The van der Waals surface area contributed by atoms with E-state index in [0.29, 0.717) is 19.1 Å². The maximum Gasteiger partial charge on any atom is 0.236 e. The maximum absolute atomic E-state index is 12.3. The molecule has 5 nitrogen and oxygen atoms in total. The SMILES string of the molecule is O=C(CN1CCC(OCCO)CC1)N1CCCCCC1. The van der Waals surface area contributed by atoms with Gasteiger partial charge in [0.05, 0.1) is 25.9 Å². The van der Waals surface area contributed by atoms with Crippen molar-refractivity contribution in [3.05, 3.63) is 0 Å². The van der Waals surface area contributed by atoms with Crippen molar-refractivity contribution in [1.29, 1.82) is 0 Å². The van der Waals surface area contributed by atoms with E-state index in [9.17, 15) is 4.79 Å². The minimum absolute atomic E-state index is 0.0909. The van der Waals surface area contributed by atoms with Crippen LogP contribution in [0.1, 0.15) is 38.5 Å². The zero-order valence-corrected chi connectivity index (χ0v) is 12.4. The molecule has 0 aromatic carbocycles. The van der Waals surface area contributed by atoms with Crippen molar-refractivity contribution in [2.75, 3.05) is 45.9 Å². The highest BCUT2D eigenvalue weighted by atomic mass is 16.5. The van der Waals surface area contributed by atoms with Gasteiger partial charge in [0, 0.05) is 26.2 Å². The lowest BCUT2D eigenvalue weighted by Gasteiger charge is -2.32. The number of ether oxygens (including phenoxy) is 1. The first-order chi connectivity index (χ1) is 9.79. The molecule has 2 fully saturated rings. The fourth-order valence-corrected chi connectivity index (χ4v) is 3.06. The van der Waals surface area contributed by atoms with E-state index in [2.05, 4.69) is 4.90 Å². The largest absolute Gasteiger partial charge is 0.394 e. The van der Waals surface area contributed by atoms with Gasteiger partial charge in [-0.1, -0.05) is 12.8 Å². The Balaban J connectivity index is 1.67. The van der Waals surface area contributed by atoms with E-state index < -0.39 is 0 Å². The third kappa shape index (κ3) is 5.04. The summed E-state index contributed by atoms with van der Waals surface area (Å²) in [5.41, 5.74) is 0. The molecule has 0 bridgehead atoms. The Morgan fingerprint density at radius 3 is 2.30 bits per heavy atom. The van der Waals surface area contributed by atoms with Crippen LogP contribution in [0.3, 0.4) is 0 Å². The van der Waals surface area contributed by atoms with Crippen LogP contribution in [0.5, 0.6) is 0 Å². The average Bonchev–Trinajstić information content (AvgIpc) is 2.75. The van der Waals surface area contributed by atoms with Crippen LogP contribution in [0, 0.1) is 0 Å². The molecule has 0 atom stereocenters. The summed E-state index contributed by atoms with van der Waals surface area (Å²) in [5.74, 6) is 0.293. The molecule has 2 aliphatic rings. The molecule has 1 N–H and O–H groups in total. The molecular weight excluding hydrogens is 256 g/mol. The predicted molar refractivity (Wildman–Crippen MR) is 77.5 cm³/mol. The van der Waals surface area contributed by atoms with E-state index in [-0.39, 0.29) is 12.7 Å². The monoisotopic (exact) mass is 284 g/mol. The summed E-state index contributed by atoms with van der Waals surface area (Å²) >= 11 is 0. The first-order valence-corrected chi connectivity index (χ1v) is 8.02. The van der Waals surface area contributed by atoms with Crippen molar-refractivity contribution in [3.8, 4) is 0 Å². The third-order valence-corrected chi connectivity index (χ3v) is 4.30. The second kappa shape index (κ2) is 8.60. The van der Waals surface area contributed by atoms with Crippen LogP contribution >= 0.6 is 0 Å². The Bertz CT molecular complexity index is 283. The van der Waals surface area contributed by atoms with E-state index in [4.69, 9.17) is 9.84 Å². The van der Waals surface area contributed by atoms with Gasteiger partial charge in [-0.05, 0) is 25.7 Å². The number of carbonyl (C=O) groups is 1. The lowest BCUT2D eigenvalue weighted by Crippen LogP contribution is -2.45. The number of rotatable bonds is 5. The number of carbonyl (C=O) groups excluding carboxylic acids is 1. The van der Waals surface area contributed by atoms with Gasteiger partial charge >= 0.3 is 0 Å². The molecule has 2 aliphatic heterocycles. The Hall–Kier alpha value is -0.650. The highest BCUT2D eigenvalue weighted by Gasteiger charge is 2.23. The Kier molecular flexibility index (Phi) is 6.76. The Morgan fingerprint density at radius 1 is 1.05 bits per heavy atom. The Labute approximate surface area is 121 Å². The van der Waals surface area contributed by atoms with Crippen LogP contribution in [-0.4, -0.2) is 72.9 Å². The quantitative estimate of drug-likeness (QED) is 0.813. The minimum Gasteiger partial charge on any atom is -0.394 e. The predicted octanol–water partition coefficient (Wildman–Crippen LogP) is 0.862. The number of hydrogen-bond acceptors (Lipinski definition) is 4. The number of aliphatic hydroxyl groups excluding tert-OH is 1. The van der Waals surface area contributed by atoms with Crippen LogP contribution < -0.4 is 0 Å². The average molecular weight is 284 g/mol. The molecule has 20 heavy (non-hydrogen) atoms. The summed E-state index contributed by atoms with van der Waals surface area (Å²) in [6, 6.07) is 0. The molecule has 0 unspecified atom stereocenters. The number of piperidine rings is 1. The molecule has 0 aromatic heterocycles. The highest BCUT2D eigenvalue weighted by Crippen LogP contribution is 2.15. The fraction of sp³-hybridized carbons (Fsp3) is 0.933. The zero-order chi connectivity index (χ0) is 14.2. The van der Waals surface area contributed by atoms with Crippen LogP contribution in [-0.2, 0) is 9.53 Å². The van der Waals surface area contributed by atoms with Gasteiger partial charge < -0.3 is 14.7 Å². The minimum atomic E-state index is 0.0909. The maximum atomic E-state index is 12.3. The van der Waals surface area contributed by atoms with Gasteiger partial charge in [0.2, 0.25) is 5.91 Å². The summed E-state index contributed by atoms with van der Waals surface area (Å²) in [7, 11) is 0. The summed E-state index contributed by atoms with van der Waals surface area (Å²) in [5, 5.41) is 8.75. The first-order valence-electron chi connectivity index (χ1n) is 8.02. The van der Waals surface area contributed by atoms with Crippen molar-refractivity contribution in [1.82, 2.24) is 9.80 Å². The van der Waals surface area contributed by atoms with E-state index in [1.807, 2.05) is 4.90 Å². The van der Waals surface area contributed by atoms with Crippen molar-refractivity contribution < 1.29 is 14.6 Å². The molecule has 116 valence electrons. The normalized spacial score (nSPS) is 22.8. The van der Waals surface area contributed by atoms with E-state index in [0.717, 1.165) is 51.9 Å². The topological polar surface area (TPSA) is 53.0 Å². The van der Waals surface area contributed by atoms with Gasteiger partial charge in [-0.15, -0.1) is 0 Å². The second-order valence-corrected chi connectivity index (χ2v) is 5.86. The molecule has 2 saturated heterocycles. The van der Waals surface area contributed by atoms with E-state index in [1.165, 1.54) is 12.8 Å². The Morgan fingerprint density at radius 2 is 1.70 bits per heavy atom. The van der Waals surface area contributed by atoms with Crippen LogP contribution in [0.2, 0.25) is 0 Å². The first kappa shape index (κ1) is 15.7. The van der Waals surface area contributed by atoms with Crippen LogP contribution in [0.4, 0.5) is 0 Å². The molecule has 0 spiro atoms. The van der Waals surface area contributed by atoms with E-state index in [1.54, 1.807) is 0 Å². The lowest BCUT2D eigenvalue weighted by atomic mass is 10.1. The number of amides is 1.